The molecule has 3 heteroatoms. The van der Waals surface area contributed by atoms with E-state index in [1.165, 1.54) is 25.7 Å². The highest BCUT2D eigenvalue weighted by molar-refractivity contribution is 6.17. The van der Waals surface area contributed by atoms with E-state index >= 15 is 0 Å². The van der Waals surface area contributed by atoms with Crippen LogP contribution in [-0.2, 0) is 5.88 Å². The monoisotopic (exact) mass is 252 g/mol. The molecule has 1 aliphatic carbocycles. The van der Waals surface area contributed by atoms with E-state index < -0.39 is 0 Å². The fraction of sp³-hybridized carbons (Fsp3) is 0.643. The van der Waals surface area contributed by atoms with Crippen molar-refractivity contribution in [2.45, 2.75) is 44.5 Å². The fourth-order valence-corrected chi connectivity index (χ4v) is 2.68. The van der Waals surface area contributed by atoms with Crippen molar-refractivity contribution >= 4 is 17.4 Å². The number of rotatable bonds is 3. The predicted molar refractivity (Wildman–Crippen MR) is 73.6 cm³/mol. The Labute approximate surface area is 109 Å². The molecule has 2 rings (SSSR count). The van der Waals surface area contributed by atoms with Gasteiger partial charge in [-0.25, -0.2) is 4.98 Å². The number of nitrogens with zero attached hydrogens (tertiary/aromatic N) is 2. The SMILES string of the molecule is CC1CCC(N(C)c2ccc(CCl)cn2)CC1. The molecule has 0 aliphatic heterocycles. The summed E-state index contributed by atoms with van der Waals surface area (Å²) in [5, 5.41) is 0. The third-order valence-electron chi connectivity index (χ3n) is 3.86. The Morgan fingerprint density at radius 1 is 1.29 bits per heavy atom. The van der Waals surface area contributed by atoms with Crippen LogP contribution in [0.1, 0.15) is 38.2 Å². The Morgan fingerprint density at radius 2 is 2.00 bits per heavy atom. The zero-order valence-corrected chi connectivity index (χ0v) is 11.5. The van der Waals surface area contributed by atoms with Gasteiger partial charge in [-0.1, -0.05) is 13.0 Å². The number of hydrogen-bond donors (Lipinski definition) is 0. The topological polar surface area (TPSA) is 16.1 Å². The van der Waals surface area contributed by atoms with E-state index in [0.29, 0.717) is 11.9 Å². The molecule has 0 N–H and O–H groups in total. The molecule has 2 nitrogen and oxygen atoms in total. The molecular weight excluding hydrogens is 232 g/mol. The first-order chi connectivity index (χ1) is 8.20. The highest BCUT2D eigenvalue weighted by Crippen LogP contribution is 2.28. The standard InChI is InChI=1S/C14H21ClN2/c1-11-3-6-13(7-4-11)17(2)14-8-5-12(9-15)10-16-14/h5,8,10-11,13H,3-4,6-7,9H2,1-2H3. The molecule has 1 saturated carbocycles. The summed E-state index contributed by atoms with van der Waals surface area (Å²) in [6.45, 7) is 2.35. The highest BCUT2D eigenvalue weighted by atomic mass is 35.5. The summed E-state index contributed by atoms with van der Waals surface area (Å²) in [6, 6.07) is 4.80. The second-order valence-corrected chi connectivity index (χ2v) is 5.45. The van der Waals surface area contributed by atoms with Crippen LogP contribution in [0.2, 0.25) is 0 Å². The first kappa shape index (κ1) is 12.7. The van der Waals surface area contributed by atoms with Crippen LogP contribution < -0.4 is 4.90 Å². The minimum Gasteiger partial charge on any atom is -0.357 e. The average Bonchev–Trinajstić information content (AvgIpc) is 2.39. The summed E-state index contributed by atoms with van der Waals surface area (Å²) in [5.74, 6) is 2.50. The van der Waals surface area contributed by atoms with E-state index in [1.807, 2.05) is 6.20 Å². The van der Waals surface area contributed by atoms with Crippen LogP contribution in [0.25, 0.3) is 0 Å². The lowest BCUT2D eigenvalue weighted by Gasteiger charge is -2.34. The molecule has 0 amide bonds. The van der Waals surface area contributed by atoms with Gasteiger partial charge < -0.3 is 4.90 Å². The molecule has 1 heterocycles. The molecule has 1 aliphatic rings. The molecular formula is C14H21ClN2. The molecule has 0 unspecified atom stereocenters. The summed E-state index contributed by atoms with van der Waals surface area (Å²) >= 11 is 5.77. The van der Waals surface area contributed by atoms with E-state index in [2.05, 4.69) is 36.0 Å². The first-order valence-corrected chi connectivity index (χ1v) is 6.98. The van der Waals surface area contributed by atoms with Crippen molar-refractivity contribution in [2.24, 2.45) is 5.92 Å². The van der Waals surface area contributed by atoms with Crippen LogP contribution in [0.3, 0.4) is 0 Å². The minimum atomic E-state index is 0.540. The molecule has 17 heavy (non-hydrogen) atoms. The van der Waals surface area contributed by atoms with Crippen LogP contribution in [-0.4, -0.2) is 18.1 Å². The average molecular weight is 253 g/mol. The number of aromatic nitrogens is 1. The molecule has 0 aromatic carbocycles. The Hall–Kier alpha value is -0.760. The van der Waals surface area contributed by atoms with E-state index in [-0.39, 0.29) is 0 Å². The smallest absolute Gasteiger partial charge is 0.128 e. The number of halogens is 1. The van der Waals surface area contributed by atoms with E-state index in [4.69, 9.17) is 11.6 Å². The van der Waals surface area contributed by atoms with Gasteiger partial charge in [0.05, 0.1) is 0 Å². The molecule has 1 aromatic rings. The first-order valence-electron chi connectivity index (χ1n) is 6.44. The Morgan fingerprint density at radius 3 is 2.53 bits per heavy atom. The summed E-state index contributed by atoms with van der Waals surface area (Å²) in [5.41, 5.74) is 1.08. The molecule has 1 aromatic heterocycles. The molecule has 0 radical (unpaired) electrons. The lowest BCUT2D eigenvalue weighted by atomic mass is 9.87. The maximum atomic E-state index is 5.77. The second kappa shape index (κ2) is 5.72. The van der Waals surface area contributed by atoms with Crippen molar-refractivity contribution in [2.75, 3.05) is 11.9 Å². The molecule has 0 atom stereocenters. The summed E-state index contributed by atoms with van der Waals surface area (Å²) in [6.07, 6.45) is 7.14. The molecule has 94 valence electrons. The van der Waals surface area contributed by atoms with Crippen molar-refractivity contribution in [3.8, 4) is 0 Å². The molecule has 1 fully saturated rings. The third-order valence-corrected chi connectivity index (χ3v) is 4.17. The third kappa shape index (κ3) is 3.12. The fourth-order valence-electron chi connectivity index (χ4n) is 2.52. The van der Waals surface area contributed by atoms with E-state index in [1.54, 1.807) is 0 Å². The normalized spacial score (nSPS) is 24.6. The number of alkyl halides is 1. The Bertz CT molecular complexity index is 342. The Balaban J connectivity index is 2.00. The van der Waals surface area contributed by atoms with Crippen molar-refractivity contribution in [1.82, 2.24) is 4.98 Å². The maximum Gasteiger partial charge on any atom is 0.128 e. The molecule has 0 bridgehead atoms. The van der Waals surface area contributed by atoms with Gasteiger partial charge in [0.25, 0.3) is 0 Å². The summed E-state index contributed by atoms with van der Waals surface area (Å²) < 4.78 is 0. The zero-order chi connectivity index (χ0) is 12.3. The van der Waals surface area contributed by atoms with E-state index in [0.717, 1.165) is 17.3 Å². The van der Waals surface area contributed by atoms with Gasteiger partial charge in [-0.05, 0) is 43.2 Å². The van der Waals surface area contributed by atoms with Gasteiger partial charge in [0.2, 0.25) is 0 Å². The molecule has 0 spiro atoms. The summed E-state index contributed by atoms with van der Waals surface area (Å²) in [7, 11) is 2.16. The van der Waals surface area contributed by atoms with Crippen molar-refractivity contribution in [3.63, 3.8) is 0 Å². The van der Waals surface area contributed by atoms with Gasteiger partial charge in [0.1, 0.15) is 5.82 Å². The number of anilines is 1. The lowest BCUT2D eigenvalue weighted by molar-refractivity contribution is 0.340. The van der Waals surface area contributed by atoms with Gasteiger partial charge in [-0.3, -0.25) is 0 Å². The second-order valence-electron chi connectivity index (χ2n) is 5.18. The quantitative estimate of drug-likeness (QED) is 0.760. The summed E-state index contributed by atoms with van der Waals surface area (Å²) in [4.78, 5) is 6.81. The van der Waals surface area contributed by atoms with Crippen LogP contribution >= 0.6 is 11.6 Å². The largest absolute Gasteiger partial charge is 0.357 e. The zero-order valence-electron chi connectivity index (χ0n) is 10.7. The minimum absolute atomic E-state index is 0.540. The van der Waals surface area contributed by atoms with Crippen molar-refractivity contribution < 1.29 is 0 Å². The van der Waals surface area contributed by atoms with Crippen molar-refractivity contribution in [3.05, 3.63) is 23.9 Å². The number of hydrogen-bond acceptors (Lipinski definition) is 2. The lowest BCUT2D eigenvalue weighted by Crippen LogP contribution is -2.35. The Kier molecular flexibility index (Phi) is 4.27. The van der Waals surface area contributed by atoms with Crippen LogP contribution in [0.15, 0.2) is 18.3 Å². The van der Waals surface area contributed by atoms with E-state index in [9.17, 15) is 0 Å². The van der Waals surface area contributed by atoms with Gasteiger partial charge in [0, 0.05) is 25.2 Å². The van der Waals surface area contributed by atoms with Crippen LogP contribution in [0, 0.1) is 5.92 Å². The van der Waals surface area contributed by atoms with Gasteiger partial charge >= 0.3 is 0 Å². The van der Waals surface area contributed by atoms with Crippen LogP contribution in [0.4, 0.5) is 5.82 Å². The molecule has 0 saturated heterocycles. The highest BCUT2D eigenvalue weighted by Gasteiger charge is 2.22. The number of pyridine rings is 1. The van der Waals surface area contributed by atoms with Gasteiger partial charge in [-0.2, -0.15) is 0 Å². The van der Waals surface area contributed by atoms with Crippen LogP contribution in [0.5, 0.6) is 0 Å². The van der Waals surface area contributed by atoms with Gasteiger partial charge in [0.15, 0.2) is 0 Å². The maximum absolute atomic E-state index is 5.77. The predicted octanol–water partition coefficient (Wildman–Crippen LogP) is 3.84. The van der Waals surface area contributed by atoms with Crippen molar-refractivity contribution in [1.29, 1.82) is 0 Å². The van der Waals surface area contributed by atoms with Gasteiger partial charge in [-0.15, -0.1) is 11.6 Å².